The Balaban J connectivity index is 1.08. The van der Waals surface area contributed by atoms with Crippen molar-refractivity contribution in [3.8, 4) is 17.5 Å². The first kappa shape index (κ1) is 26.5. The molecule has 1 N–H and O–H groups in total. The number of aromatic nitrogens is 2. The van der Waals surface area contributed by atoms with Gasteiger partial charge in [0, 0.05) is 41.2 Å². The van der Waals surface area contributed by atoms with Gasteiger partial charge in [0.15, 0.2) is 0 Å². The van der Waals surface area contributed by atoms with Crippen LogP contribution in [0.15, 0.2) is 67.0 Å². The Morgan fingerprint density at radius 1 is 0.900 bits per heavy atom. The lowest BCUT2D eigenvalue weighted by Crippen LogP contribution is -2.41. The van der Waals surface area contributed by atoms with Crippen LogP contribution in [-0.4, -0.2) is 50.0 Å². The average Bonchev–Trinajstić information content (AvgIpc) is 3.43. The lowest BCUT2D eigenvalue weighted by Gasteiger charge is -2.32. The lowest BCUT2D eigenvalue weighted by molar-refractivity contribution is 0.00965. The second-order valence-corrected chi connectivity index (χ2v) is 10.7. The van der Waals surface area contributed by atoms with Gasteiger partial charge in [-0.05, 0) is 60.9 Å². The van der Waals surface area contributed by atoms with E-state index in [2.05, 4.69) is 45.6 Å². The van der Waals surface area contributed by atoms with E-state index in [0.29, 0.717) is 25.1 Å². The highest BCUT2D eigenvalue weighted by Crippen LogP contribution is 2.38. The Hall–Kier alpha value is -3.68. The predicted molar refractivity (Wildman–Crippen MR) is 155 cm³/mol. The molecule has 1 aliphatic heterocycles. The summed E-state index contributed by atoms with van der Waals surface area (Å²) in [6.07, 6.45) is 8.01. The zero-order chi connectivity index (χ0) is 27.3. The largest absolute Gasteiger partial charge is 0.496 e. The van der Waals surface area contributed by atoms with Crippen LogP contribution in [0.5, 0.6) is 17.5 Å². The number of benzene rings is 3. The smallest absolute Gasteiger partial charge is 0.316 e. The van der Waals surface area contributed by atoms with Crippen LogP contribution >= 0.6 is 0 Å². The Labute approximate surface area is 235 Å². The number of rotatable bonds is 10. The van der Waals surface area contributed by atoms with E-state index in [9.17, 15) is 0 Å². The number of nitrogens with one attached hydrogen (secondary N) is 1. The molecule has 0 spiro atoms. The molecule has 2 atom stereocenters. The van der Waals surface area contributed by atoms with Crippen molar-refractivity contribution in [2.24, 2.45) is 5.92 Å². The maximum absolute atomic E-state index is 6.52. The van der Waals surface area contributed by atoms with Crippen molar-refractivity contribution in [3.05, 3.63) is 89.2 Å². The summed E-state index contributed by atoms with van der Waals surface area (Å²) in [5, 5.41) is 5.52. The second-order valence-electron chi connectivity index (χ2n) is 10.7. The summed E-state index contributed by atoms with van der Waals surface area (Å²) in [7, 11) is 3.40. The Bertz CT molecular complexity index is 1420. The molecule has 208 valence electrons. The van der Waals surface area contributed by atoms with Crippen LogP contribution in [0, 0.1) is 5.92 Å². The number of ether oxygens (including phenoxy) is 4. The monoisotopic (exact) mass is 539 g/mol. The number of fused-ring (bicyclic) bond motifs is 2. The summed E-state index contributed by atoms with van der Waals surface area (Å²) in [5.41, 5.74) is 5.00. The maximum Gasteiger partial charge on any atom is 0.316 e. The fourth-order valence-corrected chi connectivity index (χ4v) is 6.23. The molecule has 2 aliphatic rings. The molecule has 40 heavy (non-hydrogen) atoms. The third kappa shape index (κ3) is 5.62. The van der Waals surface area contributed by atoms with Crippen molar-refractivity contribution in [1.29, 1.82) is 0 Å². The number of methoxy groups -OCH3 is 2. The van der Waals surface area contributed by atoms with Crippen molar-refractivity contribution in [2.45, 2.75) is 44.3 Å². The van der Waals surface area contributed by atoms with Crippen LogP contribution < -0.4 is 19.5 Å². The van der Waals surface area contributed by atoms with Crippen LogP contribution in [0.4, 0.5) is 0 Å². The molecule has 2 unspecified atom stereocenters. The van der Waals surface area contributed by atoms with Crippen molar-refractivity contribution < 1.29 is 18.9 Å². The summed E-state index contributed by atoms with van der Waals surface area (Å²) < 4.78 is 24.0. The normalized spacial score (nSPS) is 18.9. The van der Waals surface area contributed by atoms with Gasteiger partial charge in [-0.2, -0.15) is 0 Å². The molecule has 0 radical (unpaired) electrons. The topological polar surface area (TPSA) is 74.7 Å². The van der Waals surface area contributed by atoms with Crippen molar-refractivity contribution in [3.63, 3.8) is 0 Å². The molecule has 7 nitrogen and oxygen atoms in total. The first-order valence-corrected chi connectivity index (χ1v) is 14.2. The van der Waals surface area contributed by atoms with E-state index < -0.39 is 0 Å². The minimum absolute atomic E-state index is 0.0183. The highest BCUT2D eigenvalue weighted by atomic mass is 16.5. The van der Waals surface area contributed by atoms with E-state index >= 15 is 0 Å². The predicted octanol–water partition coefficient (Wildman–Crippen LogP) is 5.49. The molecular weight excluding hydrogens is 502 g/mol. The van der Waals surface area contributed by atoms with Gasteiger partial charge in [-0.3, -0.25) is 0 Å². The van der Waals surface area contributed by atoms with Gasteiger partial charge in [0.2, 0.25) is 0 Å². The maximum atomic E-state index is 6.52. The van der Waals surface area contributed by atoms with Crippen LogP contribution in [-0.2, 0) is 24.2 Å². The molecule has 1 fully saturated rings. The van der Waals surface area contributed by atoms with Crippen LogP contribution in [0.3, 0.4) is 0 Å². The number of hydrogen-bond acceptors (Lipinski definition) is 7. The first-order valence-electron chi connectivity index (χ1n) is 14.2. The van der Waals surface area contributed by atoms with Gasteiger partial charge in [-0.25, -0.2) is 9.97 Å². The van der Waals surface area contributed by atoms with Gasteiger partial charge in [-0.1, -0.05) is 48.5 Å². The SMILES string of the molecule is COc1cc(COC2CNCCC2c2cnc(OCCC3Cc4ccccc4C3)nc2)c(OC)c2ccccc12. The molecule has 0 saturated carbocycles. The minimum Gasteiger partial charge on any atom is -0.496 e. The molecule has 0 amide bonds. The summed E-state index contributed by atoms with van der Waals surface area (Å²) in [6, 6.07) is 19.3. The molecule has 0 bridgehead atoms. The molecule has 6 rings (SSSR count). The van der Waals surface area contributed by atoms with Crippen molar-refractivity contribution in [2.75, 3.05) is 33.9 Å². The standard InChI is InChI=1S/C33H37N3O4/c1-37-30-17-25(32(38-2)29-10-6-5-9-28(29)30)21-40-31-20-34-13-11-27(31)26-18-35-33(36-19-26)39-14-12-22-15-23-7-3-4-8-24(23)16-22/h3-10,17-19,22,27,31,34H,11-16,20-21H2,1-2H3. The molecule has 7 heteroatoms. The number of hydrogen-bond donors (Lipinski definition) is 1. The highest BCUT2D eigenvalue weighted by molar-refractivity contribution is 5.94. The molecule has 1 aromatic heterocycles. The van der Waals surface area contributed by atoms with E-state index in [0.717, 1.165) is 72.2 Å². The average molecular weight is 540 g/mol. The number of piperidine rings is 1. The summed E-state index contributed by atoms with van der Waals surface area (Å²) in [4.78, 5) is 9.10. The molecule has 3 aromatic carbocycles. The molecule has 1 saturated heterocycles. The quantitative estimate of drug-likeness (QED) is 0.286. The van der Waals surface area contributed by atoms with E-state index in [1.54, 1.807) is 14.2 Å². The van der Waals surface area contributed by atoms with Gasteiger partial charge in [0.1, 0.15) is 11.5 Å². The fraction of sp³-hybridized carbons (Fsp3) is 0.394. The summed E-state index contributed by atoms with van der Waals surface area (Å²) in [6.45, 7) is 2.74. The molecule has 2 heterocycles. The molecule has 4 aromatic rings. The molecular formula is C33H37N3O4. The van der Waals surface area contributed by atoms with Crippen LogP contribution in [0.1, 0.15) is 41.0 Å². The van der Waals surface area contributed by atoms with Crippen molar-refractivity contribution in [1.82, 2.24) is 15.3 Å². The van der Waals surface area contributed by atoms with Crippen LogP contribution in [0.2, 0.25) is 0 Å². The zero-order valence-corrected chi connectivity index (χ0v) is 23.3. The third-order valence-corrected chi connectivity index (χ3v) is 8.31. The lowest BCUT2D eigenvalue weighted by atomic mass is 9.89. The Morgan fingerprint density at radius 2 is 1.62 bits per heavy atom. The van der Waals surface area contributed by atoms with E-state index in [1.165, 1.54) is 11.1 Å². The Kier molecular flexibility index (Phi) is 8.11. The third-order valence-electron chi connectivity index (χ3n) is 8.31. The van der Waals surface area contributed by atoms with Gasteiger partial charge in [-0.15, -0.1) is 0 Å². The molecule has 1 aliphatic carbocycles. The van der Waals surface area contributed by atoms with Crippen LogP contribution in [0.25, 0.3) is 10.8 Å². The van der Waals surface area contributed by atoms with E-state index in [1.807, 2.05) is 36.7 Å². The van der Waals surface area contributed by atoms with Gasteiger partial charge in [0.25, 0.3) is 0 Å². The highest BCUT2D eigenvalue weighted by Gasteiger charge is 2.29. The number of nitrogens with zero attached hydrogens (tertiary/aromatic N) is 2. The first-order chi connectivity index (χ1) is 19.7. The van der Waals surface area contributed by atoms with Gasteiger partial charge in [0.05, 0.1) is 33.5 Å². The van der Waals surface area contributed by atoms with Gasteiger partial charge >= 0.3 is 6.01 Å². The van der Waals surface area contributed by atoms with Gasteiger partial charge < -0.3 is 24.3 Å². The van der Waals surface area contributed by atoms with E-state index in [4.69, 9.17) is 18.9 Å². The Morgan fingerprint density at radius 3 is 2.35 bits per heavy atom. The zero-order valence-electron chi connectivity index (χ0n) is 23.3. The summed E-state index contributed by atoms with van der Waals surface area (Å²) >= 11 is 0. The minimum atomic E-state index is -0.0183. The fourth-order valence-electron chi connectivity index (χ4n) is 6.23. The summed E-state index contributed by atoms with van der Waals surface area (Å²) in [5.74, 6) is 2.46. The second kappa shape index (κ2) is 12.2. The van der Waals surface area contributed by atoms with Crippen molar-refractivity contribution >= 4 is 10.8 Å². The van der Waals surface area contributed by atoms with E-state index in [-0.39, 0.29) is 12.0 Å².